The summed E-state index contributed by atoms with van der Waals surface area (Å²) in [5.41, 5.74) is 0.981. The molecule has 16 heteroatoms. The lowest BCUT2D eigenvalue weighted by molar-refractivity contribution is -0.121. The molecule has 2 aliphatic rings. The van der Waals surface area contributed by atoms with Gasteiger partial charge in [-0.2, -0.15) is 0 Å². The monoisotopic (exact) mass is 1030 g/mol. The van der Waals surface area contributed by atoms with Gasteiger partial charge in [0.1, 0.15) is 28.9 Å². The maximum atomic E-state index is 14.5. The molecule has 6 aromatic carbocycles. The zero-order valence-electron chi connectivity index (χ0n) is 45.9. The summed E-state index contributed by atoms with van der Waals surface area (Å²) in [6, 6.07) is 31.2. The molecule has 3 amide bonds. The van der Waals surface area contributed by atoms with Gasteiger partial charge in [0, 0.05) is 82.1 Å². The lowest BCUT2D eigenvalue weighted by atomic mass is 9.96. The number of hydrogen-bond acceptors (Lipinski definition) is 9. The standard InChI is InChI=1S/C32H35F2N3O4.C27H27F2N3O2/c1-32(2,3)41-31(40)37-17-15-36(16-18-37)28-14-13-24(33)20-23(28)21-29(38)27(19-22-9-5-4-6-10-22)35-30(39)25-11-7-8-12-26(25)34;28-21-10-11-25(32-14-12-30-13-15-32)20(17-21)18-26(33)24(16-19-6-2-1-3-7-19)31-27(34)22-8-4-5-9-23(22)29/h4-14,20,27H,15-19,21H2,1-3H3,(H,35,39);1-11,17,24,30H,12-16,18H2,(H,31,34)/i19D2;16D2. The number of anilines is 2. The molecule has 0 saturated carbocycles. The van der Waals surface area contributed by atoms with E-state index in [4.69, 9.17) is 10.2 Å². The van der Waals surface area contributed by atoms with E-state index in [2.05, 4.69) is 16.0 Å². The molecule has 0 bridgehead atoms. The van der Waals surface area contributed by atoms with Crippen LogP contribution in [0.2, 0.25) is 0 Å². The number of ether oxygens (including phenoxy) is 1. The molecule has 0 radical (unpaired) electrons. The number of halogens is 4. The van der Waals surface area contributed by atoms with Gasteiger partial charge in [0.05, 0.1) is 23.2 Å². The fraction of sp³-hybridized carbons (Fsp3) is 0.305. The molecule has 75 heavy (non-hydrogen) atoms. The van der Waals surface area contributed by atoms with E-state index in [1.54, 1.807) is 74.2 Å². The summed E-state index contributed by atoms with van der Waals surface area (Å²) in [5, 5.41) is 8.08. The second-order valence-corrected chi connectivity index (χ2v) is 18.8. The van der Waals surface area contributed by atoms with E-state index in [1.165, 1.54) is 84.9 Å². The van der Waals surface area contributed by atoms with Crippen LogP contribution in [0.25, 0.3) is 0 Å². The highest BCUT2D eigenvalue weighted by Crippen LogP contribution is 2.27. The number of carbonyl (C=O) groups is 5. The maximum absolute atomic E-state index is 14.5. The average molecular weight is 1030 g/mol. The van der Waals surface area contributed by atoms with Crippen LogP contribution in [-0.4, -0.2) is 104 Å². The number of hydrogen-bond donors (Lipinski definition) is 3. The zero-order valence-corrected chi connectivity index (χ0v) is 41.9. The van der Waals surface area contributed by atoms with Crippen molar-refractivity contribution in [3.63, 3.8) is 0 Å². The lowest BCUT2D eigenvalue weighted by Gasteiger charge is -2.37. The molecule has 0 aliphatic carbocycles. The molecule has 0 spiro atoms. The smallest absolute Gasteiger partial charge is 0.410 e. The fourth-order valence-electron chi connectivity index (χ4n) is 8.45. The van der Waals surface area contributed by atoms with Crippen molar-refractivity contribution < 1.29 is 51.8 Å². The maximum Gasteiger partial charge on any atom is 0.410 e. The SMILES string of the molecule is [2H]C([2H])(c1ccccc1)C(NC(=O)c1ccccc1F)C(=O)Cc1cc(F)ccc1N1CCN(C(=O)OC(C)(C)C)CC1.[2H]C([2H])(c1ccccc1)C(NC(=O)c1ccccc1F)C(=O)Cc1cc(F)ccc1N1CCNCC1. The molecule has 6 aromatic rings. The Bertz CT molecular complexity index is 3120. The highest BCUT2D eigenvalue weighted by molar-refractivity contribution is 6.00. The predicted molar refractivity (Wildman–Crippen MR) is 281 cm³/mol. The van der Waals surface area contributed by atoms with Crippen molar-refractivity contribution in [1.82, 2.24) is 20.9 Å². The summed E-state index contributed by atoms with van der Waals surface area (Å²) in [5.74, 6) is -5.95. The number of Topliss-reactive ketones (excluding diaryl/α,β-unsaturated/α-hetero) is 2. The second kappa shape index (κ2) is 25.9. The lowest BCUT2D eigenvalue weighted by Crippen LogP contribution is -2.50. The first-order valence-electron chi connectivity index (χ1n) is 26.6. The van der Waals surface area contributed by atoms with Crippen molar-refractivity contribution >= 4 is 40.8 Å². The molecule has 2 fully saturated rings. The first-order valence-corrected chi connectivity index (χ1v) is 24.6. The van der Waals surface area contributed by atoms with Crippen LogP contribution in [0, 0.1) is 23.3 Å². The van der Waals surface area contributed by atoms with Crippen molar-refractivity contribution in [3.8, 4) is 0 Å². The molecule has 0 aromatic heterocycles. The average Bonchev–Trinajstić information content (AvgIpc) is 3.45. The Kier molecular flexibility index (Phi) is 17.0. The predicted octanol–water partition coefficient (Wildman–Crippen LogP) is 8.70. The summed E-state index contributed by atoms with van der Waals surface area (Å²) in [6.07, 6.45) is -5.86. The van der Waals surface area contributed by atoms with Gasteiger partial charge in [0.2, 0.25) is 0 Å². The fourth-order valence-corrected chi connectivity index (χ4v) is 8.45. The molecule has 392 valence electrons. The largest absolute Gasteiger partial charge is 0.444 e. The van der Waals surface area contributed by atoms with Gasteiger partial charge in [-0.15, -0.1) is 0 Å². The van der Waals surface area contributed by atoms with Gasteiger partial charge in [-0.05, 0) is 116 Å². The number of carbonyl (C=O) groups excluding carboxylic acids is 5. The summed E-state index contributed by atoms with van der Waals surface area (Å²) in [4.78, 5) is 71.5. The highest BCUT2D eigenvalue weighted by Gasteiger charge is 2.30. The number of benzene rings is 6. The minimum atomic E-state index is -2.38. The summed E-state index contributed by atoms with van der Waals surface area (Å²) >= 11 is 0. The van der Waals surface area contributed by atoms with Crippen molar-refractivity contribution in [2.24, 2.45) is 0 Å². The molecule has 2 aliphatic heterocycles. The molecule has 2 heterocycles. The quantitative estimate of drug-likeness (QED) is 0.0813. The minimum Gasteiger partial charge on any atom is -0.444 e. The second-order valence-electron chi connectivity index (χ2n) is 18.8. The summed E-state index contributed by atoms with van der Waals surface area (Å²) < 4.78 is 98.1. The Balaban J connectivity index is 0.000000232. The Morgan fingerprint density at radius 3 is 1.37 bits per heavy atom. The van der Waals surface area contributed by atoms with Gasteiger partial charge in [-0.1, -0.05) is 84.9 Å². The minimum absolute atomic E-state index is 0.139. The van der Waals surface area contributed by atoms with Crippen LogP contribution in [-0.2, 0) is 39.9 Å². The topological polar surface area (TPSA) is 140 Å². The van der Waals surface area contributed by atoms with E-state index in [0.717, 1.165) is 25.2 Å². The third-order valence-electron chi connectivity index (χ3n) is 12.1. The van der Waals surface area contributed by atoms with E-state index < -0.39 is 89.6 Å². The van der Waals surface area contributed by atoms with Crippen LogP contribution in [0.5, 0.6) is 0 Å². The number of nitrogens with zero attached hydrogens (tertiary/aromatic N) is 3. The number of rotatable bonds is 16. The van der Waals surface area contributed by atoms with Gasteiger partial charge in [-0.3, -0.25) is 19.2 Å². The number of piperazine rings is 2. The van der Waals surface area contributed by atoms with Crippen molar-refractivity contribution in [2.45, 2.75) is 64.0 Å². The molecular formula is C59H62F4N6O6. The van der Waals surface area contributed by atoms with Gasteiger partial charge >= 0.3 is 6.09 Å². The van der Waals surface area contributed by atoms with Gasteiger partial charge < -0.3 is 35.4 Å². The van der Waals surface area contributed by atoms with Crippen LogP contribution < -0.4 is 25.8 Å². The first-order chi connectivity index (χ1) is 37.5. The van der Waals surface area contributed by atoms with E-state index in [0.29, 0.717) is 61.8 Å². The molecule has 2 saturated heterocycles. The van der Waals surface area contributed by atoms with Crippen LogP contribution >= 0.6 is 0 Å². The highest BCUT2D eigenvalue weighted by atomic mass is 19.1. The normalized spacial score (nSPS) is 15.6. The van der Waals surface area contributed by atoms with E-state index in [1.807, 2.05) is 9.80 Å². The number of ketones is 2. The molecule has 2 atom stereocenters. The van der Waals surface area contributed by atoms with E-state index in [9.17, 15) is 41.5 Å². The molecule has 12 nitrogen and oxygen atoms in total. The van der Waals surface area contributed by atoms with E-state index >= 15 is 0 Å². The van der Waals surface area contributed by atoms with Crippen LogP contribution in [0.15, 0.2) is 146 Å². The molecule has 2 unspecified atom stereocenters. The van der Waals surface area contributed by atoms with Gasteiger partial charge in [0.15, 0.2) is 11.6 Å². The van der Waals surface area contributed by atoms with Gasteiger partial charge in [0.25, 0.3) is 11.8 Å². The Morgan fingerprint density at radius 1 is 0.560 bits per heavy atom. The molecular weight excluding hydrogens is 965 g/mol. The molecule has 8 rings (SSSR count). The Labute approximate surface area is 440 Å². The number of amides is 3. The van der Waals surface area contributed by atoms with Crippen molar-refractivity contribution in [2.75, 3.05) is 62.2 Å². The third-order valence-corrected chi connectivity index (χ3v) is 12.1. The zero-order chi connectivity index (χ0) is 57.1. The third kappa shape index (κ3) is 15.8. The van der Waals surface area contributed by atoms with Gasteiger partial charge in [-0.25, -0.2) is 22.4 Å². The van der Waals surface area contributed by atoms with Crippen molar-refractivity contribution in [1.29, 1.82) is 0 Å². The summed E-state index contributed by atoms with van der Waals surface area (Å²) in [6.45, 7) is 9.66. The molecule has 3 N–H and O–H groups in total. The summed E-state index contributed by atoms with van der Waals surface area (Å²) in [7, 11) is 0. The van der Waals surface area contributed by atoms with Crippen LogP contribution in [0.4, 0.5) is 33.7 Å². The number of nitrogens with one attached hydrogen (secondary N) is 3. The Hall–Kier alpha value is -7.85. The van der Waals surface area contributed by atoms with Crippen LogP contribution in [0.3, 0.4) is 0 Å². The first kappa shape index (κ1) is 49.4. The van der Waals surface area contributed by atoms with Crippen LogP contribution in [0.1, 0.15) is 69.2 Å². The van der Waals surface area contributed by atoms with Crippen molar-refractivity contribution in [3.05, 3.63) is 202 Å². The Morgan fingerprint density at radius 2 is 0.960 bits per heavy atom. The van der Waals surface area contributed by atoms with E-state index in [-0.39, 0.29) is 28.7 Å².